The standard InChI is InChI=1S/C24H28N4O3/c29-22(12-3-4-13-25-16-19-9-6-14-31-19)26-18-8-5-7-17(15-18)23-20-10-1-2-11-21(20)24(30)28-27-23/h1-2,5,7-8,10-11,15,19,25H,3-4,6,9,12-14,16H2,(H,26,29)(H,28,30). The van der Waals surface area contributed by atoms with E-state index in [-0.39, 0.29) is 11.5 Å². The lowest BCUT2D eigenvalue weighted by Gasteiger charge is -2.11. The van der Waals surface area contributed by atoms with Crippen molar-refractivity contribution >= 4 is 22.4 Å². The smallest absolute Gasteiger partial charge is 0.272 e. The summed E-state index contributed by atoms with van der Waals surface area (Å²) in [7, 11) is 0. The second kappa shape index (κ2) is 10.3. The first kappa shape index (κ1) is 21.2. The molecule has 1 atom stereocenters. The highest BCUT2D eigenvalue weighted by Gasteiger charge is 2.14. The van der Waals surface area contributed by atoms with Gasteiger partial charge < -0.3 is 15.4 Å². The molecule has 3 aromatic rings. The highest BCUT2D eigenvalue weighted by molar-refractivity contribution is 5.95. The third kappa shape index (κ3) is 5.57. The zero-order valence-corrected chi connectivity index (χ0v) is 17.5. The fourth-order valence-electron chi connectivity index (χ4n) is 3.91. The number of ether oxygens (including phenoxy) is 1. The largest absolute Gasteiger partial charge is 0.377 e. The molecule has 1 aliphatic rings. The quantitative estimate of drug-likeness (QED) is 0.461. The fourth-order valence-corrected chi connectivity index (χ4v) is 3.91. The van der Waals surface area contributed by atoms with Gasteiger partial charge in [0.15, 0.2) is 0 Å². The molecule has 1 aromatic heterocycles. The lowest BCUT2D eigenvalue weighted by Crippen LogP contribution is -2.27. The number of hydrogen-bond donors (Lipinski definition) is 3. The van der Waals surface area contributed by atoms with Crippen LogP contribution in [0.1, 0.15) is 32.1 Å². The minimum absolute atomic E-state index is 0.00411. The Morgan fingerprint density at radius 2 is 2.00 bits per heavy atom. The molecule has 0 spiro atoms. The Kier molecular flexibility index (Phi) is 7.07. The van der Waals surface area contributed by atoms with Crippen LogP contribution in [-0.4, -0.2) is 41.9 Å². The average molecular weight is 421 g/mol. The van der Waals surface area contributed by atoms with Gasteiger partial charge in [0.05, 0.1) is 17.2 Å². The van der Waals surface area contributed by atoms with Crippen LogP contribution in [0.5, 0.6) is 0 Å². The highest BCUT2D eigenvalue weighted by Crippen LogP contribution is 2.26. The van der Waals surface area contributed by atoms with E-state index in [0.717, 1.165) is 62.0 Å². The van der Waals surface area contributed by atoms with Gasteiger partial charge in [-0.25, -0.2) is 5.10 Å². The van der Waals surface area contributed by atoms with Crippen molar-refractivity contribution in [3.05, 3.63) is 58.9 Å². The number of nitrogens with zero attached hydrogens (tertiary/aromatic N) is 1. The summed E-state index contributed by atoms with van der Waals surface area (Å²) in [6, 6.07) is 14.9. The molecule has 0 saturated carbocycles. The number of nitrogens with one attached hydrogen (secondary N) is 3. The number of unbranched alkanes of at least 4 members (excludes halogenated alkanes) is 1. The monoisotopic (exact) mass is 420 g/mol. The van der Waals surface area contributed by atoms with Gasteiger partial charge in [-0.3, -0.25) is 9.59 Å². The van der Waals surface area contributed by atoms with Gasteiger partial charge in [0.2, 0.25) is 5.91 Å². The number of rotatable bonds is 9. The Bertz CT molecular complexity index is 1090. The van der Waals surface area contributed by atoms with E-state index in [0.29, 0.717) is 23.6 Å². The summed E-state index contributed by atoms with van der Waals surface area (Å²) in [6.07, 6.45) is 4.90. The van der Waals surface area contributed by atoms with E-state index in [9.17, 15) is 9.59 Å². The topological polar surface area (TPSA) is 96.1 Å². The minimum Gasteiger partial charge on any atom is -0.377 e. The van der Waals surface area contributed by atoms with Crippen molar-refractivity contribution in [1.82, 2.24) is 15.5 Å². The van der Waals surface area contributed by atoms with Crippen molar-refractivity contribution < 1.29 is 9.53 Å². The third-order valence-electron chi connectivity index (χ3n) is 5.52. The number of H-pyrrole nitrogens is 1. The zero-order valence-electron chi connectivity index (χ0n) is 17.5. The Hall–Kier alpha value is -3.03. The van der Waals surface area contributed by atoms with Crippen molar-refractivity contribution in [3.8, 4) is 11.3 Å². The number of anilines is 1. The molecule has 3 N–H and O–H groups in total. The molecule has 7 heteroatoms. The van der Waals surface area contributed by atoms with Crippen molar-refractivity contribution in [3.63, 3.8) is 0 Å². The number of carbonyl (C=O) groups is 1. The predicted molar refractivity (Wildman–Crippen MR) is 122 cm³/mol. The molecule has 4 rings (SSSR count). The molecule has 31 heavy (non-hydrogen) atoms. The number of aromatic amines is 1. The van der Waals surface area contributed by atoms with Gasteiger partial charge in [-0.1, -0.05) is 30.3 Å². The normalized spacial score (nSPS) is 15.9. The van der Waals surface area contributed by atoms with Gasteiger partial charge in [0.25, 0.3) is 5.56 Å². The van der Waals surface area contributed by atoms with Crippen LogP contribution in [0.4, 0.5) is 5.69 Å². The molecule has 0 radical (unpaired) electrons. The molecule has 2 heterocycles. The molecule has 0 aliphatic carbocycles. The maximum atomic E-state index is 12.3. The Labute approximate surface area is 181 Å². The van der Waals surface area contributed by atoms with Crippen LogP contribution in [0.15, 0.2) is 53.3 Å². The lowest BCUT2D eigenvalue weighted by molar-refractivity contribution is -0.116. The molecule has 1 aliphatic heterocycles. The Morgan fingerprint density at radius 1 is 1.13 bits per heavy atom. The molecular weight excluding hydrogens is 392 g/mol. The number of hydrogen-bond acceptors (Lipinski definition) is 5. The highest BCUT2D eigenvalue weighted by atomic mass is 16.5. The second-order valence-electron chi connectivity index (χ2n) is 7.87. The van der Waals surface area contributed by atoms with E-state index in [4.69, 9.17) is 4.74 Å². The minimum atomic E-state index is -0.214. The van der Waals surface area contributed by atoms with Crippen LogP contribution in [0.2, 0.25) is 0 Å². The van der Waals surface area contributed by atoms with Gasteiger partial charge in [-0.05, 0) is 50.4 Å². The molecule has 1 amide bonds. The Balaban J connectivity index is 1.30. The van der Waals surface area contributed by atoms with E-state index >= 15 is 0 Å². The van der Waals surface area contributed by atoms with Gasteiger partial charge in [0, 0.05) is 36.2 Å². The number of carbonyl (C=O) groups excluding carboxylic acids is 1. The summed E-state index contributed by atoms with van der Waals surface area (Å²) in [5.41, 5.74) is 2.03. The summed E-state index contributed by atoms with van der Waals surface area (Å²) < 4.78 is 5.59. The Morgan fingerprint density at radius 3 is 2.84 bits per heavy atom. The van der Waals surface area contributed by atoms with Gasteiger partial charge in [-0.15, -0.1) is 0 Å². The maximum Gasteiger partial charge on any atom is 0.272 e. The van der Waals surface area contributed by atoms with Crippen LogP contribution in [0, 0.1) is 0 Å². The average Bonchev–Trinajstić information content (AvgIpc) is 3.30. The van der Waals surface area contributed by atoms with Gasteiger partial charge in [-0.2, -0.15) is 5.10 Å². The second-order valence-corrected chi connectivity index (χ2v) is 7.87. The molecule has 1 saturated heterocycles. The zero-order chi connectivity index (χ0) is 21.5. The van der Waals surface area contributed by atoms with E-state index in [1.54, 1.807) is 6.07 Å². The van der Waals surface area contributed by atoms with Crippen LogP contribution in [-0.2, 0) is 9.53 Å². The SMILES string of the molecule is O=C(CCCCNCC1CCCO1)Nc1cccc(-c2n[nH]c(=O)c3ccccc23)c1. The lowest BCUT2D eigenvalue weighted by atomic mass is 10.0. The van der Waals surface area contributed by atoms with Gasteiger partial charge >= 0.3 is 0 Å². The van der Waals surface area contributed by atoms with Crippen molar-refractivity contribution in [1.29, 1.82) is 0 Å². The summed E-state index contributed by atoms with van der Waals surface area (Å²) in [5, 5.41) is 14.5. The molecule has 162 valence electrons. The van der Waals surface area contributed by atoms with E-state index in [1.165, 1.54) is 0 Å². The molecule has 0 bridgehead atoms. The third-order valence-corrected chi connectivity index (χ3v) is 5.52. The predicted octanol–water partition coefficient (Wildman–Crippen LogP) is 3.47. The molecule has 1 fully saturated rings. The number of benzene rings is 2. The first-order valence-corrected chi connectivity index (χ1v) is 10.9. The molecule has 2 aromatic carbocycles. The summed E-state index contributed by atoms with van der Waals surface area (Å²) in [4.78, 5) is 24.4. The fraction of sp³-hybridized carbons (Fsp3) is 0.375. The van der Waals surface area contributed by atoms with Crippen molar-refractivity contribution in [2.24, 2.45) is 0 Å². The van der Waals surface area contributed by atoms with E-state index in [2.05, 4.69) is 20.8 Å². The molecule has 1 unspecified atom stereocenters. The van der Waals surface area contributed by atoms with Crippen molar-refractivity contribution in [2.75, 3.05) is 25.0 Å². The van der Waals surface area contributed by atoms with Gasteiger partial charge in [0.1, 0.15) is 0 Å². The molecular formula is C24H28N4O3. The number of amides is 1. The van der Waals surface area contributed by atoms with Crippen LogP contribution < -0.4 is 16.2 Å². The van der Waals surface area contributed by atoms with Crippen LogP contribution in [0.25, 0.3) is 22.0 Å². The summed E-state index contributed by atoms with van der Waals surface area (Å²) in [6.45, 7) is 2.67. The first-order valence-electron chi connectivity index (χ1n) is 10.9. The molecule has 7 nitrogen and oxygen atoms in total. The van der Waals surface area contributed by atoms with E-state index in [1.807, 2.05) is 42.5 Å². The number of fused-ring (bicyclic) bond motifs is 1. The summed E-state index contributed by atoms with van der Waals surface area (Å²) >= 11 is 0. The van der Waals surface area contributed by atoms with Crippen molar-refractivity contribution in [2.45, 2.75) is 38.2 Å². The van der Waals surface area contributed by atoms with Crippen LogP contribution >= 0.6 is 0 Å². The van der Waals surface area contributed by atoms with E-state index < -0.39 is 0 Å². The first-order chi connectivity index (χ1) is 15.2. The number of aromatic nitrogens is 2. The summed E-state index contributed by atoms with van der Waals surface area (Å²) in [5.74, 6) is -0.00411. The maximum absolute atomic E-state index is 12.3. The van der Waals surface area contributed by atoms with Crippen LogP contribution in [0.3, 0.4) is 0 Å².